The molecule has 18 heavy (non-hydrogen) atoms. The fourth-order valence-electron chi connectivity index (χ4n) is 1.76. The maximum absolute atomic E-state index is 11.9. The zero-order valence-corrected chi connectivity index (χ0v) is 12.1. The molecule has 0 rings (SSSR count). The van der Waals surface area contributed by atoms with Crippen molar-refractivity contribution >= 4 is 12.0 Å². The van der Waals surface area contributed by atoms with E-state index in [1.165, 1.54) is 0 Å². The van der Waals surface area contributed by atoms with Gasteiger partial charge in [-0.1, -0.05) is 27.2 Å². The van der Waals surface area contributed by atoms with E-state index >= 15 is 0 Å². The number of nitrogens with zero attached hydrogens (tertiary/aromatic N) is 1. The van der Waals surface area contributed by atoms with Gasteiger partial charge in [0.15, 0.2) is 0 Å². The van der Waals surface area contributed by atoms with Crippen LogP contribution in [0.25, 0.3) is 0 Å². The number of rotatable bonds is 7. The summed E-state index contributed by atoms with van der Waals surface area (Å²) in [5.41, 5.74) is 0. The Hall–Kier alpha value is -1.26. The molecule has 0 aliphatic carbocycles. The maximum Gasteiger partial charge on any atom is 0.326 e. The molecule has 2 atom stereocenters. The van der Waals surface area contributed by atoms with Crippen LogP contribution < -0.4 is 5.32 Å². The third-order valence-electron chi connectivity index (χ3n) is 2.99. The van der Waals surface area contributed by atoms with Crippen LogP contribution in [0.15, 0.2) is 0 Å². The Balaban J connectivity index is 4.45. The molecule has 0 aromatic carbocycles. The Morgan fingerprint density at radius 2 is 1.83 bits per heavy atom. The lowest BCUT2D eigenvalue weighted by Gasteiger charge is -2.27. The first kappa shape index (κ1) is 16.7. The topological polar surface area (TPSA) is 69.6 Å². The molecule has 0 fully saturated rings. The van der Waals surface area contributed by atoms with E-state index in [9.17, 15) is 9.59 Å². The molecule has 2 N–H and O–H groups in total. The fraction of sp³-hybridized carbons (Fsp3) is 0.846. The molecule has 0 saturated heterocycles. The summed E-state index contributed by atoms with van der Waals surface area (Å²) in [6.45, 7) is 7.89. The van der Waals surface area contributed by atoms with Crippen molar-refractivity contribution in [1.82, 2.24) is 10.2 Å². The minimum atomic E-state index is -0.978. The number of amides is 2. The highest BCUT2D eigenvalue weighted by atomic mass is 16.4. The number of carbonyl (C=O) groups excluding carboxylic acids is 1. The summed E-state index contributed by atoms with van der Waals surface area (Å²) in [6.07, 6.45) is 2.34. The molecule has 0 aliphatic heterocycles. The Morgan fingerprint density at radius 1 is 1.28 bits per heavy atom. The van der Waals surface area contributed by atoms with E-state index in [0.717, 1.165) is 12.8 Å². The summed E-state index contributed by atoms with van der Waals surface area (Å²) in [4.78, 5) is 24.5. The van der Waals surface area contributed by atoms with E-state index in [0.29, 0.717) is 6.42 Å². The van der Waals surface area contributed by atoms with E-state index in [1.54, 1.807) is 11.9 Å². The molecule has 0 heterocycles. The minimum Gasteiger partial charge on any atom is -0.480 e. The SMILES string of the molecule is CCCC(C)N(C)C(=O)NC(CC(C)C)C(=O)O. The van der Waals surface area contributed by atoms with Crippen LogP contribution in [0.3, 0.4) is 0 Å². The summed E-state index contributed by atoms with van der Waals surface area (Å²) >= 11 is 0. The predicted molar refractivity (Wildman–Crippen MR) is 71.5 cm³/mol. The largest absolute Gasteiger partial charge is 0.480 e. The monoisotopic (exact) mass is 258 g/mol. The normalized spacial score (nSPS) is 14.1. The lowest BCUT2D eigenvalue weighted by Crippen LogP contribution is -2.49. The molecule has 106 valence electrons. The highest BCUT2D eigenvalue weighted by Gasteiger charge is 2.24. The molecule has 2 amide bonds. The summed E-state index contributed by atoms with van der Waals surface area (Å²) in [7, 11) is 1.70. The number of carboxylic acids is 1. The van der Waals surface area contributed by atoms with Crippen molar-refractivity contribution in [2.24, 2.45) is 5.92 Å². The summed E-state index contributed by atoms with van der Waals surface area (Å²) in [5, 5.41) is 11.6. The van der Waals surface area contributed by atoms with Crippen molar-refractivity contribution in [1.29, 1.82) is 0 Å². The van der Waals surface area contributed by atoms with E-state index < -0.39 is 12.0 Å². The van der Waals surface area contributed by atoms with Gasteiger partial charge in [-0.05, 0) is 25.7 Å². The second kappa shape index (κ2) is 7.95. The highest BCUT2D eigenvalue weighted by Crippen LogP contribution is 2.08. The number of carboxylic acid groups (broad SMARTS) is 1. The Bertz CT molecular complexity index is 279. The molecule has 0 radical (unpaired) electrons. The van der Waals surface area contributed by atoms with Crippen LogP contribution in [0, 0.1) is 5.92 Å². The molecule has 0 spiro atoms. The van der Waals surface area contributed by atoms with E-state index in [2.05, 4.69) is 12.2 Å². The van der Waals surface area contributed by atoms with Crippen LogP contribution in [-0.4, -0.2) is 41.1 Å². The maximum atomic E-state index is 11.9. The van der Waals surface area contributed by atoms with Crippen LogP contribution in [0.2, 0.25) is 0 Å². The first-order valence-electron chi connectivity index (χ1n) is 6.55. The number of carbonyl (C=O) groups is 2. The van der Waals surface area contributed by atoms with Gasteiger partial charge in [0.05, 0.1) is 0 Å². The lowest BCUT2D eigenvalue weighted by molar-refractivity contribution is -0.139. The zero-order valence-electron chi connectivity index (χ0n) is 12.1. The molecular weight excluding hydrogens is 232 g/mol. The minimum absolute atomic E-state index is 0.114. The van der Waals surface area contributed by atoms with Gasteiger partial charge in [0, 0.05) is 13.1 Å². The van der Waals surface area contributed by atoms with Gasteiger partial charge < -0.3 is 15.3 Å². The van der Waals surface area contributed by atoms with Crippen molar-refractivity contribution in [3.63, 3.8) is 0 Å². The second-order valence-corrected chi connectivity index (χ2v) is 5.22. The standard InChI is InChI=1S/C13H26N2O3/c1-6-7-10(4)15(5)13(18)14-11(12(16)17)8-9(2)3/h9-11H,6-8H2,1-5H3,(H,14,18)(H,16,17). The quantitative estimate of drug-likeness (QED) is 0.736. The van der Waals surface area contributed by atoms with Crippen LogP contribution in [0.5, 0.6) is 0 Å². The number of hydrogen-bond donors (Lipinski definition) is 2. The average Bonchev–Trinajstić information content (AvgIpc) is 2.26. The fourth-order valence-corrected chi connectivity index (χ4v) is 1.76. The van der Waals surface area contributed by atoms with Gasteiger partial charge in [0.1, 0.15) is 6.04 Å². The predicted octanol–water partition coefficient (Wildman–Crippen LogP) is 2.32. The van der Waals surface area contributed by atoms with Crippen LogP contribution in [-0.2, 0) is 4.79 Å². The van der Waals surface area contributed by atoms with Crippen LogP contribution in [0.1, 0.15) is 47.0 Å². The Labute approximate surface area is 110 Å². The molecule has 0 bridgehead atoms. The first-order valence-corrected chi connectivity index (χ1v) is 6.55. The molecule has 2 unspecified atom stereocenters. The third-order valence-corrected chi connectivity index (χ3v) is 2.99. The lowest BCUT2D eigenvalue weighted by atomic mass is 10.0. The molecule has 0 aromatic heterocycles. The second-order valence-electron chi connectivity index (χ2n) is 5.22. The van der Waals surface area contributed by atoms with E-state index in [-0.39, 0.29) is 18.0 Å². The molecule has 5 heteroatoms. The van der Waals surface area contributed by atoms with Crippen LogP contribution >= 0.6 is 0 Å². The summed E-state index contributed by atoms with van der Waals surface area (Å²) < 4.78 is 0. The van der Waals surface area contributed by atoms with E-state index in [1.807, 2.05) is 20.8 Å². The van der Waals surface area contributed by atoms with Gasteiger partial charge in [0.2, 0.25) is 0 Å². The molecule has 5 nitrogen and oxygen atoms in total. The van der Waals surface area contributed by atoms with Gasteiger partial charge in [-0.15, -0.1) is 0 Å². The number of nitrogens with one attached hydrogen (secondary N) is 1. The van der Waals surface area contributed by atoms with Gasteiger partial charge >= 0.3 is 12.0 Å². The van der Waals surface area contributed by atoms with Gasteiger partial charge in [-0.3, -0.25) is 0 Å². The molecule has 0 saturated carbocycles. The van der Waals surface area contributed by atoms with Gasteiger partial charge in [-0.25, -0.2) is 9.59 Å². The average molecular weight is 258 g/mol. The molecule has 0 aliphatic rings. The Kier molecular flexibility index (Phi) is 7.39. The number of hydrogen-bond acceptors (Lipinski definition) is 2. The molecule has 0 aromatic rings. The first-order chi connectivity index (χ1) is 8.29. The Morgan fingerprint density at radius 3 is 2.22 bits per heavy atom. The smallest absolute Gasteiger partial charge is 0.326 e. The highest BCUT2D eigenvalue weighted by molar-refractivity contribution is 5.82. The van der Waals surface area contributed by atoms with Crippen molar-refractivity contribution < 1.29 is 14.7 Å². The number of urea groups is 1. The van der Waals surface area contributed by atoms with Gasteiger partial charge in [0.25, 0.3) is 0 Å². The van der Waals surface area contributed by atoms with Crippen molar-refractivity contribution in [2.45, 2.75) is 59.0 Å². The zero-order chi connectivity index (χ0) is 14.3. The summed E-state index contributed by atoms with van der Waals surface area (Å²) in [6, 6.07) is -1.01. The van der Waals surface area contributed by atoms with Crippen molar-refractivity contribution in [2.75, 3.05) is 7.05 Å². The van der Waals surface area contributed by atoms with Crippen LogP contribution in [0.4, 0.5) is 4.79 Å². The summed E-state index contributed by atoms with van der Waals surface area (Å²) in [5.74, 6) is -0.752. The number of aliphatic carboxylic acids is 1. The third kappa shape index (κ3) is 5.89. The van der Waals surface area contributed by atoms with Crippen molar-refractivity contribution in [3.05, 3.63) is 0 Å². The van der Waals surface area contributed by atoms with Gasteiger partial charge in [-0.2, -0.15) is 0 Å². The van der Waals surface area contributed by atoms with E-state index in [4.69, 9.17) is 5.11 Å². The van der Waals surface area contributed by atoms with Crippen molar-refractivity contribution in [3.8, 4) is 0 Å². The molecular formula is C13H26N2O3.